The molecule has 0 saturated heterocycles. The molecule has 0 aliphatic heterocycles. The summed E-state index contributed by atoms with van der Waals surface area (Å²) in [5.41, 5.74) is 2.59. The molecule has 1 aliphatic rings. The van der Waals surface area contributed by atoms with Crippen molar-refractivity contribution in [2.75, 3.05) is 10.6 Å². The largest absolute Gasteiger partial charge is 0.393 e. The quantitative estimate of drug-likeness (QED) is 0.607. The van der Waals surface area contributed by atoms with Crippen molar-refractivity contribution in [3.05, 3.63) is 36.2 Å². The van der Waals surface area contributed by atoms with Crippen molar-refractivity contribution in [1.29, 1.82) is 5.26 Å². The fourth-order valence-corrected chi connectivity index (χ4v) is 3.74. The minimum Gasteiger partial charge on any atom is -0.393 e. The summed E-state index contributed by atoms with van der Waals surface area (Å²) in [5, 5.41) is 26.0. The van der Waals surface area contributed by atoms with Gasteiger partial charge in [-0.25, -0.2) is 4.98 Å². The minimum atomic E-state index is -0.286. The molecule has 29 heavy (non-hydrogen) atoms. The number of anilines is 3. The Labute approximate surface area is 169 Å². The fraction of sp³-hybridized carbons (Fsp3) is 0.429. The maximum Gasteiger partial charge on any atom is 0.227 e. The monoisotopic (exact) mass is 391 g/mol. The average molecular weight is 391 g/mol. The highest BCUT2D eigenvalue weighted by molar-refractivity contribution is 5.87. The molecule has 2 atom stereocenters. The average Bonchev–Trinajstić information content (AvgIpc) is 3.13. The number of aliphatic hydroxyl groups excluding tert-OH is 1. The van der Waals surface area contributed by atoms with Crippen LogP contribution in [-0.2, 0) is 0 Å². The van der Waals surface area contributed by atoms with Gasteiger partial charge in [-0.3, -0.25) is 0 Å². The molecule has 0 unspecified atom stereocenters. The van der Waals surface area contributed by atoms with Crippen LogP contribution >= 0.6 is 0 Å². The minimum absolute atomic E-state index is 0.130. The Hall–Kier alpha value is -3.18. The Balaban J connectivity index is 1.74. The Morgan fingerprint density at radius 2 is 2.07 bits per heavy atom. The second-order valence-electron chi connectivity index (χ2n) is 7.76. The van der Waals surface area contributed by atoms with Crippen molar-refractivity contribution in [2.24, 2.45) is 0 Å². The van der Waals surface area contributed by atoms with Crippen LogP contribution < -0.4 is 10.6 Å². The van der Waals surface area contributed by atoms with E-state index in [2.05, 4.69) is 40.5 Å². The van der Waals surface area contributed by atoms with E-state index in [1.54, 1.807) is 12.4 Å². The highest BCUT2D eigenvalue weighted by Gasteiger charge is 2.22. The maximum atomic E-state index is 9.98. The van der Waals surface area contributed by atoms with E-state index in [1.165, 1.54) is 0 Å². The van der Waals surface area contributed by atoms with Gasteiger partial charge in [0, 0.05) is 12.1 Å². The second kappa shape index (κ2) is 8.05. The molecule has 2 aromatic heterocycles. The zero-order chi connectivity index (χ0) is 20.4. The van der Waals surface area contributed by atoms with Crippen molar-refractivity contribution in [2.45, 2.75) is 57.7 Å². The lowest BCUT2D eigenvalue weighted by molar-refractivity contribution is 0.124. The topological polar surface area (TPSA) is 112 Å². The van der Waals surface area contributed by atoms with Gasteiger partial charge in [0.25, 0.3) is 0 Å². The number of hydrogen-bond donors (Lipinski definition) is 3. The third-order valence-corrected chi connectivity index (χ3v) is 5.26. The van der Waals surface area contributed by atoms with Crippen LogP contribution in [0.1, 0.15) is 51.1 Å². The third-order valence-electron chi connectivity index (χ3n) is 5.26. The van der Waals surface area contributed by atoms with E-state index in [4.69, 9.17) is 4.98 Å². The van der Waals surface area contributed by atoms with Gasteiger partial charge in [0.2, 0.25) is 5.95 Å². The molecule has 8 heteroatoms. The number of nitriles is 1. The number of aliphatic hydroxyl groups is 1. The maximum absolute atomic E-state index is 9.98. The molecule has 2 heterocycles. The first-order valence-corrected chi connectivity index (χ1v) is 10.0. The summed E-state index contributed by atoms with van der Waals surface area (Å²) in [4.78, 5) is 13.9. The van der Waals surface area contributed by atoms with Gasteiger partial charge in [-0.05, 0) is 51.7 Å². The number of aromatic nitrogens is 4. The van der Waals surface area contributed by atoms with Gasteiger partial charge < -0.3 is 20.3 Å². The van der Waals surface area contributed by atoms with Gasteiger partial charge in [-0.15, -0.1) is 0 Å². The molecule has 3 aromatic rings. The van der Waals surface area contributed by atoms with Crippen LogP contribution in [-0.4, -0.2) is 36.8 Å². The van der Waals surface area contributed by atoms with E-state index in [1.807, 2.05) is 22.8 Å². The highest BCUT2D eigenvalue weighted by Crippen LogP contribution is 2.28. The molecule has 0 bridgehead atoms. The summed E-state index contributed by atoms with van der Waals surface area (Å²) in [7, 11) is 0. The number of rotatable bonds is 5. The molecule has 150 valence electrons. The predicted molar refractivity (Wildman–Crippen MR) is 112 cm³/mol. The van der Waals surface area contributed by atoms with Gasteiger partial charge in [0.1, 0.15) is 6.07 Å². The lowest BCUT2D eigenvalue weighted by atomic mass is 9.93. The van der Waals surface area contributed by atoms with E-state index in [9.17, 15) is 10.4 Å². The van der Waals surface area contributed by atoms with E-state index in [0.717, 1.165) is 24.9 Å². The zero-order valence-corrected chi connectivity index (χ0v) is 16.6. The van der Waals surface area contributed by atoms with Crippen LogP contribution in [0, 0.1) is 11.3 Å². The number of nitrogens with zero attached hydrogens (tertiary/aromatic N) is 5. The van der Waals surface area contributed by atoms with Crippen molar-refractivity contribution in [3.8, 4) is 6.07 Å². The van der Waals surface area contributed by atoms with Crippen LogP contribution in [0.5, 0.6) is 0 Å². The molecule has 1 saturated carbocycles. The van der Waals surface area contributed by atoms with E-state index in [-0.39, 0.29) is 18.2 Å². The van der Waals surface area contributed by atoms with Gasteiger partial charge in [0.05, 0.1) is 23.7 Å². The predicted octanol–water partition coefficient (Wildman–Crippen LogP) is 3.74. The number of para-hydroxylation sites is 1. The van der Waals surface area contributed by atoms with E-state index >= 15 is 0 Å². The Morgan fingerprint density at radius 3 is 2.83 bits per heavy atom. The number of imidazole rings is 1. The van der Waals surface area contributed by atoms with Crippen molar-refractivity contribution >= 4 is 28.6 Å². The Morgan fingerprint density at radius 1 is 1.24 bits per heavy atom. The zero-order valence-electron chi connectivity index (χ0n) is 16.6. The van der Waals surface area contributed by atoms with E-state index < -0.39 is 0 Å². The molecule has 0 amide bonds. The fourth-order valence-electron chi connectivity index (χ4n) is 3.74. The van der Waals surface area contributed by atoms with Crippen LogP contribution in [0.25, 0.3) is 11.2 Å². The number of fused-ring (bicyclic) bond motifs is 1. The standard InChI is InChI=1S/C21H25N7O/c1-13(2)28-12-23-18-19(25-17-9-4-3-6-14(17)11-22)26-21(27-20(18)28)24-15-7-5-8-16(29)10-15/h3-4,6,9,12-13,15-16,29H,5,7-8,10H2,1-2H3,(H2,24,25,26,27)/t15-,16+/m1/s1. The van der Waals surface area contributed by atoms with Gasteiger partial charge in [-0.1, -0.05) is 12.1 Å². The van der Waals surface area contributed by atoms with Gasteiger partial charge in [0.15, 0.2) is 17.0 Å². The number of benzene rings is 1. The van der Waals surface area contributed by atoms with Crippen LogP contribution in [0.15, 0.2) is 30.6 Å². The molecular formula is C21H25N7O. The normalized spacial score (nSPS) is 19.3. The SMILES string of the molecule is CC(C)n1cnc2c(Nc3ccccc3C#N)nc(N[C@@H]3CCC[C@H](O)C3)nc21. The van der Waals surface area contributed by atoms with E-state index in [0.29, 0.717) is 35.0 Å². The molecule has 0 spiro atoms. The summed E-state index contributed by atoms with van der Waals surface area (Å²) in [6, 6.07) is 9.82. The summed E-state index contributed by atoms with van der Waals surface area (Å²) < 4.78 is 2.00. The molecule has 4 rings (SSSR count). The van der Waals surface area contributed by atoms with Gasteiger partial charge in [-0.2, -0.15) is 15.2 Å². The number of nitrogens with one attached hydrogen (secondary N) is 2. The van der Waals surface area contributed by atoms with Crippen LogP contribution in [0.3, 0.4) is 0 Å². The van der Waals surface area contributed by atoms with Crippen molar-refractivity contribution in [3.63, 3.8) is 0 Å². The van der Waals surface area contributed by atoms with Crippen molar-refractivity contribution < 1.29 is 5.11 Å². The molecule has 1 aromatic carbocycles. The summed E-state index contributed by atoms with van der Waals surface area (Å²) in [5.74, 6) is 1.05. The summed E-state index contributed by atoms with van der Waals surface area (Å²) in [6.07, 6.45) is 4.96. The van der Waals surface area contributed by atoms with Crippen LogP contribution in [0.4, 0.5) is 17.5 Å². The first-order valence-electron chi connectivity index (χ1n) is 10.0. The Kier molecular flexibility index (Phi) is 5.32. The molecule has 1 aliphatic carbocycles. The molecule has 8 nitrogen and oxygen atoms in total. The smallest absolute Gasteiger partial charge is 0.227 e. The molecular weight excluding hydrogens is 366 g/mol. The lowest BCUT2D eigenvalue weighted by Crippen LogP contribution is -2.30. The first-order chi connectivity index (χ1) is 14.0. The third kappa shape index (κ3) is 4.00. The summed E-state index contributed by atoms with van der Waals surface area (Å²) >= 11 is 0. The molecule has 3 N–H and O–H groups in total. The summed E-state index contributed by atoms with van der Waals surface area (Å²) in [6.45, 7) is 4.15. The molecule has 1 fully saturated rings. The molecule has 0 radical (unpaired) electrons. The highest BCUT2D eigenvalue weighted by atomic mass is 16.3. The second-order valence-corrected chi connectivity index (χ2v) is 7.76. The Bertz CT molecular complexity index is 1050. The lowest BCUT2D eigenvalue weighted by Gasteiger charge is -2.26. The van der Waals surface area contributed by atoms with Gasteiger partial charge >= 0.3 is 0 Å². The van der Waals surface area contributed by atoms with Crippen LogP contribution in [0.2, 0.25) is 0 Å². The van der Waals surface area contributed by atoms with Crippen molar-refractivity contribution in [1.82, 2.24) is 19.5 Å². The number of hydrogen-bond acceptors (Lipinski definition) is 7. The first kappa shape index (κ1) is 19.2.